The number of hydrogen-bond donors (Lipinski definition) is 0. The number of fused-ring (bicyclic) bond motifs is 15. The molecule has 11 rings (SSSR count). The minimum absolute atomic E-state index is 0.977. The Balaban J connectivity index is 1.33. The van der Waals surface area contributed by atoms with Crippen molar-refractivity contribution < 1.29 is 0 Å². The topological polar surface area (TPSA) is 4.93 Å². The molecule has 9 aromatic carbocycles. The lowest BCUT2D eigenvalue weighted by Crippen LogP contribution is -1.92. The summed E-state index contributed by atoms with van der Waals surface area (Å²) in [5.74, 6) is 0. The molecule has 14 bridgehead atoms. The van der Waals surface area contributed by atoms with E-state index < -0.39 is 0 Å². The number of rotatable bonds is 1. The Bertz CT molecular complexity index is 3160. The molecule has 0 spiro atoms. The smallest absolute Gasteiger partial charge is 0.0541 e. The van der Waals surface area contributed by atoms with Crippen LogP contribution in [-0.2, 0) is 6.42 Å². The fourth-order valence-corrected chi connectivity index (χ4v) is 8.40. The van der Waals surface area contributed by atoms with E-state index in [9.17, 15) is 0 Å². The number of benzene rings is 8. The maximum atomic E-state index is 2.42. The molecule has 0 fully saturated rings. The molecule has 0 saturated carbocycles. The summed E-state index contributed by atoms with van der Waals surface area (Å²) in [4.78, 5) is 0. The minimum atomic E-state index is 0.977. The van der Waals surface area contributed by atoms with Crippen LogP contribution in [0.5, 0.6) is 0 Å². The molecular weight excluding hydrogens is 603 g/mol. The van der Waals surface area contributed by atoms with E-state index in [2.05, 4.69) is 180 Å². The van der Waals surface area contributed by atoms with Gasteiger partial charge < -0.3 is 4.57 Å². The molecule has 1 nitrogen and oxygen atoms in total. The van der Waals surface area contributed by atoms with Gasteiger partial charge in [0.15, 0.2) is 0 Å². The van der Waals surface area contributed by atoms with Crippen molar-refractivity contribution in [3.05, 3.63) is 187 Å². The van der Waals surface area contributed by atoms with Gasteiger partial charge in [0, 0.05) is 16.5 Å². The van der Waals surface area contributed by atoms with Crippen LogP contribution in [-0.4, -0.2) is 4.57 Å². The second kappa shape index (κ2) is 10.5. The summed E-state index contributed by atoms with van der Waals surface area (Å²) in [6.07, 6.45) is 0.977. The zero-order valence-electron chi connectivity index (χ0n) is 27.4. The van der Waals surface area contributed by atoms with Gasteiger partial charge in [0.25, 0.3) is 0 Å². The molecule has 1 heterocycles. The van der Waals surface area contributed by atoms with Crippen LogP contribution in [0.2, 0.25) is 0 Å². The molecule has 0 N–H and O–H groups in total. The van der Waals surface area contributed by atoms with Gasteiger partial charge in [-0.3, -0.25) is 0 Å². The molecular formula is C49H31N. The van der Waals surface area contributed by atoms with Gasteiger partial charge in [-0.1, -0.05) is 109 Å². The molecule has 0 saturated heterocycles. The molecule has 50 heavy (non-hydrogen) atoms. The summed E-state index contributed by atoms with van der Waals surface area (Å²) < 4.78 is 2.41. The number of nitrogens with zero attached hydrogens (tertiary/aromatic N) is 1. The highest BCUT2D eigenvalue weighted by Crippen LogP contribution is 2.37. The standard InChI is InChI=1S/C49H31N/c1-2-13-43(14-3-1)50-48-21-19-39-29-46(48)47-30-40(20-22-49(47)50)38-16-18-42-26-41-17-15-37(27-44(41)45(42)28-38)35-11-5-9-33(24-35)31-7-4-8-32(23-31)34-10-6-12-36(39)25-34/h1-25,27-30H,26H2. The van der Waals surface area contributed by atoms with Crippen molar-refractivity contribution in [1.29, 1.82) is 0 Å². The third kappa shape index (κ3) is 4.20. The molecule has 1 aliphatic carbocycles. The molecule has 1 aromatic heterocycles. The van der Waals surface area contributed by atoms with Crippen LogP contribution in [0.3, 0.4) is 0 Å². The van der Waals surface area contributed by atoms with E-state index in [-0.39, 0.29) is 0 Å². The number of para-hydroxylation sites is 1. The second-order valence-electron chi connectivity index (χ2n) is 13.8. The Morgan fingerprint density at radius 2 is 0.640 bits per heavy atom. The van der Waals surface area contributed by atoms with Crippen LogP contribution in [0.15, 0.2) is 176 Å². The Morgan fingerprint density at radius 3 is 1.06 bits per heavy atom. The van der Waals surface area contributed by atoms with Gasteiger partial charge in [-0.2, -0.15) is 0 Å². The van der Waals surface area contributed by atoms with Gasteiger partial charge in [-0.15, -0.1) is 0 Å². The lowest BCUT2D eigenvalue weighted by molar-refractivity contribution is 1.18. The first-order chi connectivity index (χ1) is 24.7. The molecule has 232 valence electrons. The van der Waals surface area contributed by atoms with Crippen molar-refractivity contribution in [2.24, 2.45) is 0 Å². The second-order valence-corrected chi connectivity index (χ2v) is 13.8. The number of hydrogen-bond acceptors (Lipinski definition) is 0. The fraction of sp³-hybridized carbons (Fsp3) is 0.0204. The molecule has 0 aliphatic heterocycles. The predicted octanol–water partition coefficient (Wildman–Crippen LogP) is 13.3. The van der Waals surface area contributed by atoms with Crippen LogP contribution in [0, 0.1) is 0 Å². The van der Waals surface area contributed by atoms with Gasteiger partial charge in [0.05, 0.1) is 11.0 Å². The normalized spacial score (nSPS) is 12.3. The molecule has 0 amide bonds. The van der Waals surface area contributed by atoms with Crippen LogP contribution in [0.1, 0.15) is 11.1 Å². The predicted molar refractivity (Wildman–Crippen MR) is 215 cm³/mol. The van der Waals surface area contributed by atoms with Crippen LogP contribution >= 0.6 is 0 Å². The molecule has 0 radical (unpaired) electrons. The lowest BCUT2D eigenvalue weighted by atomic mass is 10.0. The first-order valence-electron chi connectivity index (χ1n) is 17.5. The quantitative estimate of drug-likeness (QED) is 0.169. The van der Waals surface area contributed by atoms with Crippen LogP contribution in [0.4, 0.5) is 0 Å². The van der Waals surface area contributed by atoms with Crippen molar-refractivity contribution in [1.82, 2.24) is 4.57 Å². The van der Waals surface area contributed by atoms with E-state index in [1.54, 1.807) is 0 Å². The SMILES string of the molecule is c1ccc(-n2c3ccc4cc3c3cc(ccc32)c2ccc3c(c2)c2cc(ccc2C3)c2cccc(c2)c2cccc(c2)c2cccc4c2)cc1. The average molecular weight is 634 g/mol. The van der Waals surface area contributed by atoms with Crippen molar-refractivity contribution in [3.63, 3.8) is 0 Å². The highest BCUT2D eigenvalue weighted by atomic mass is 15.0. The Morgan fingerprint density at radius 1 is 0.280 bits per heavy atom. The zero-order valence-corrected chi connectivity index (χ0v) is 27.4. The van der Waals surface area contributed by atoms with Gasteiger partial charge in [0.1, 0.15) is 0 Å². The van der Waals surface area contributed by atoms with E-state index in [4.69, 9.17) is 0 Å². The number of aromatic nitrogens is 1. The Kier molecular flexibility index (Phi) is 5.79. The molecule has 0 atom stereocenters. The molecule has 1 aliphatic rings. The first kappa shape index (κ1) is 27.5. The van der Waals surface area contributed by atoms with E-state index in [1.165, 1.54) is 103 Å². The monoisotopic (exact) mass is 633 g/mol. The van der Waals surface area contributed by atoms with Crippen LogP contribution in [0.25, 0.3) is 92.1 Å². The largest absolute Gasteiger partial charge is 0.309 e. The average Bonchev–Trinajstić information content (AvgIpc) is 3.72. The highest BCUT2D eigenvalue weighted by Gasteiger charge is 2.15. The van der Waals surface area contributed by atoms with E-state index in [1.807, 2.05) is 0 Å². The molecule has 1 heteroatoms. The summed E-state index contributed by atoms with van der Waals surface area (Å²) in [6.45, 7) is 0. The molecule has 10 aromatic rings. The minimum Gasteiger partial charge on any atom is -0.309 e. The lowest BCUT2D eigenvalue weighted by Gasteiger charge is -2.07. The van der Waals surface area contributed by atoms with Gasteiger partial charge >= 0.3 is 0 Å². The van der Waals surface area contributed by atoms with Crippen LogP contribution < -0.4 is 0 Å². The Hall–Kier alpha value is -6.44. The van der Waals surface area contributed by atoms with Gasteiger partial charge in [0.2, 0.25) is 0 Å². The van der Waals surface area contributed by atoms with Gasteiger partial charge in [-0.05, 0) is 149 Å². The highest BCUT2D eigenvalue weighted by molar-refractivity contribution is 6.14. The zero-order chi connectivity index (χ0) is 32.8. The van der Waals surface area contributed by atoms with E-state index >= 15 is 0 Å². The van der Waals surface area contributed by atoms with Gasteiger partial charge in [-0.25, -0.2) is 0 Å². The Labute approximate surface area is 289 Å². The maximum absolute atomic E-state index is 2.42. The summed E-state index contributed by atoms with van der Waals surface area (Å²) in [7, 11) is 0. The third-order valence-electron chi connectivity index (χ3n) is 10.9. The summed E-state index contributed by atoms with van der Waals surface area (Å²) >= 11 is 0. The first-order valence-corrected chi connectivity index (χ1v) is 17.5. The fourth-order valence-electron chi connectivity index (χ4n) is 8.40. The molecule has 0 unspecified atom stereocenters. The van der Waals surface area contributed by atoms with E-state index in [0.29, 0.717) is 0 Å². The van der Waals surface area contributed by atoms with Crippen molar-refractivity contribution in [2.75, 3.05) is 0 Å². The summed E-state index contributed by atoms with van der Waals surface area (Å²) in [5.41, 5.74) is 6.41. The van der Waals surface area contributed by atoms with Crippen molar-refractivity contribution >= 4 is 86.4 Å². The summed E-state index contributed by atoms with van der Waals surface area (Å²) in [5, 5.41) is 17.5. The maximum Gasteiger partial charge on any atom is 0.0541 e. The van der Waals surface area contributed by atoms with E-state index in [0.717, 1.165) is 6.42 Å². The third-order valence-corrected chi connectivity index (χ3v) is 10.9. The van der Waals surface area contributed by atoms with Crippen molar-refractivity contribution in [2.45, 2.75) is 6.42 Å². The van der Waals surface area contributed by atoms with Crippen molar-refractivity contribution in [3.8, 4) is 5.69 Å². The summed E-state index contributed by atoms with van der Waals surface area (Å²) in [6, 6.07) is 65.8.